The molecule has 0 bridgehead atoms. The lowest BCUT2D eigenvalue weighted by molar-refractivity contribution is 0.363. The van der Waals surface area contributed by atoms with E-state index in [0.29, 0.717) is 0 Å². The van der Waals surface area contributed by atoms with Crippen LogP contribution in [0.4, 0.5) is 0 Å². The lowest BCUT2D eigenvalue weighted by Gasteiger charge is -2.21. The Morgan fingerprint density at radius 2 is 2.07 bits per heavy atom. The van der Waals surface area contributed by atoms with E-state index in [9.17, 15) is 0 Å². The van der Waals surface area contributed by atoms with Gasteiger partial charge < -0.3 is 11.1 Å². The third-order valence-electron chi connectivity index (χ3n) is 4.09. The van der Waals surface area contributed by atoms with Gasteiger partial charge in [0.1, 0.15) is 0 Å². The van der Waals surface area contributed by atoms with E-state index in [-0.39, 0.29) is 0 Å². The molecule has 3 unspecified atom stereocenters. The maximum Gasteiger partial charge on any atom is 0.0107 e. The molecule has 0 aromatic carbocycles. The summed E-state index contributed by atoms with van der Waals surface area (Å²) in [6.45, 7) is 4.47. The van der Waals surface area contributed by atoms with Gasteiger partial charge >= 0.3 is 0 Å². The van der Waals surface area contributed by atoms with Gasteiger partial charge in [0.05, 0.1) is 0 Å². The Bertz CT molecular complexity index is 177. The van der Waals surface area contributed by atoms with Crippen molar-refractivity contribution in [3.8, 4) is 0 Å². The Labute approximate surface area is 87.6 Å². The van der Waals surface area contributed by atoms with E-state index in [1.54, 1.807) is 0 Å². The zero-order chi connectivity index (χ0) is 9.97. The van der Waals surface area contributed by atoms with Gasteiger partial charge in [-0.05, 0) is 56.5 Å². The molecule has 2 heteroatoms. The summed E-state index contributed by atoms with van der Waals surface area (Å²) >= 11 is 0. The van der Waals surface area contributed by atoms with Crippen molar-refractivity contribution in [2.75, 3.05) is 13.1 Å². The first kappa shape index (κ1) is 10.4. The van der Waals surface area contributed by atoms with Gasteiger partial charge in [0.2, 0.25) is 0 Å². The Hall–Kier alpha value is -0.0800. The number of rotatable bonds is 5. The van der Waals surface area contributed by atoms with Gasteiger partial charge in [-0.2, -0.15) is 0 Å². The summed E-state index contributed by atoms with van der Waals surface area (Å²) < 4.78 is 0. The first-order valence-corrected chi connectivity index (χ1v) is 6.24. The highest BCUT2D eigenvalue weighted by Crippen LogP contribution is 2.36. The van der Waals surface area contributed by atoms with Crippen molar-refractivity contribution in [2.24, 2.45) is 23.5 Å². The molecular weight excluding hydrogens is 172 g/mol. The standard InChI is InChI=1S/C12H24N2/c1-9(10-5-6-10)8-14-12-4-2-3-11(12)7-13/h9-12,14H,2-8,13H2,1H3. The van der Waals surface area contributed by atoms with Crippen LogP contribution in [-0.4, -0.2) is 19.1 Å². The van der Waals surface area contributed by atoms with Gasteiger partial charge in [-0.15, -0.1) is 0 Å². The van der Waals surface area contributed by atoms with Crippen molar-refractivity contribution in [3.05, 3.63) is 0 Å². The molecule has 2 saturated carbocycles. The molecule has 0 amide bonds. The first-order chi connectivity index (χ1) is 6.81. The minimum Gasteiger partial charge on any atom is -0.330 e. The number of nitrogens with one attached hydrogen (secondary N) is 1. The quantitative estimate of drug-likeness (QED) is 0.703. The third-order valence-corrected chi connectivity index (χ3v) is 4.09. The van der Waals surface area contributed by atoms with Gasteiger partial charge in [0.15, 0.2) is 0 Å². The molecule has 0 saturated heterocycles. The molecule has 0 radical (unpaired) electrons. The minimum absolute atomic E-state index is 0.723. The van der Waals surface area contributed by atoms with Crippen LogP contribution in [0.1, 0.15) is 39.0 Å². The fourth-order valence-electron chi connectivity index (χ4n) is 2.76. The van der Waals surface area contributed by atoms with Crippen LogP contribution in [0.5, 0.6) is 0 Å². The number of hydrogen-bond acceptors (Lipinski definition) is 2. The molecule has 2 rings (SSSR count). The van der Waals surface area contributed by atoms with Gasteiger partial charge in [-0.3, -0.25) is 0 Å². The van der Waals surface area contributed by atoms with E-state index in [4.69, 9.17) is 5.73 Å². The predicted molar refractivity (Wildman–Crippen MR) is 60.1 cm³/mol. The van der Waals surface area contributed by atoms with Crippen LogP contribution in [0.25, 0.3) is 0 Å². The lowest BCUT2D eigenvalue weighted by Crippen LogP contribution is -2.38. The van der Waals surface area contributed by atoms with Crippen molar-refractivity contribution in [1.82, 2.24) is 5.32 Å². The van der Waals surface area contributed by atoms with Crippen molar-refractivity contribution in [1.29, 1.82) is 0 Å². The topological polar surface area (TPSA) is 38.0 Å². The van der Waals surface area contributed by atoms with Crippen molar-refractivity contribution >= 4 is 0 Å². The smallest absolute Gasteiger partial charge is 0.0107 e. The summed E-state index contributed by atoms with van der Waals surface area (Å²) in [5, 5.41) is 3.72. The summed E-state index contributed by atoms with van der Waals surface area (Å²) in [6.07, 6.45) is 6.99. The fourth-order valence-corrected chi connectivity index (χ4v) is 2.76. The molecule has 2 nitrogen and oxygen atoms in total. The highest BCUT2D eigenvalue weighted by atomic mass is 14.9. The second-order valence-corrected chi connectivity index (χ2v) is 5.26. The average molecular weight is 196 g/mol. The van der Waals surface area contributed by atoms with Gasteiger partial charge in [-0.1, -0.05) is 13.3 Å². The molecule has 3 atom stereocenters. The van der Waals surface area contributed by atoms with Crippen LogP contribution >= 0.6 is 0 Å². The van der Waals surface area contributed by atoms with Gasteiger partial charge in [0, 0.05) is 6.04 Å². The van der Waals surface area contributed by atoms with Crippen molar-refractivity contribution in [2.45, 2.75) is 45.1 Å². The van der Waals surface area contributed by atoms with E-state index < -0.39 is 0 Å². The zero-order valence-corrected chi connectivity index (χ0v) is 9.34. The average Bonchev–Trinajstić information content (AvgIpc) is 2.94. The van der Waals surface area contributed by atoms with E-state index in [0.717, 1.165) is 30.3 Å². The molecule has 0 spiro atoms. The molecule has 0 aromatic rings. The Morgan fingerprint density at radius 3 is 2.71 bits per heavy atom. The van der Waals surface area contributed by atoms with Gasteiger partial charge in [-0.25, -0.2) is 0 Å². The predicted octanol–water partition coefficient (Wildman–Crippen LogP) is 1.75. The monoisotopic (exact) mass is 196 g/mol. The lowest BCUT2D eigenvalue weighted by atomic mass is 10.0. The second kappa shape index (κ2) is 4.63. The maximum absolute atomic E-state index is 5.76. The molecule has 0 aliphatic heterocycles. The van der Waals surface area contributed by atoms with Crippen LogP contribution in [0.3, 0.4) is 0 Å². The second-order valence-electron chi connectivity index (χ2n) is 5.26. The summed E-state index contributed by atoms with van der Waals surface area (Å²) in [4.78, 5) is 0. The molecule has 2 fully saturated rings. The largest absolute Gasteiger partial charge is 0.330 e. The SMILES string of the molecule is CC(CNC1CCCC1CN)C1CC1. The molecular formula is C12H24N2. The Balaban J connectivity index is 1.68. The molecule has 2 aliphatic rings. The Morgan fingerprint density at radius 1 is 1.29 bits per heavy atom. The maximum atomic E-state index is 5.76. The van der Waals surface area contributed by atoms with E-state index >= 15 is 0 Å². The van der Waals surface area contributed by atoms with Crippen LogP contribution in [0, 0.1) is 17.8 Å². The van der Waals surface area contributed by atoms with E-state index in [2.05, 4.69) is 12.2 Å². The van der Waals surface area contributed by atoms with Crippen LogP contribution < -0.4 is 11.1 Å². The van der Waals surface area contributed by atoms with E-state index in [1.165, 1.54) is 38.6 Å². The molecule has 2 aliphatic carbocycles. The summed E-state index contributed by atoms with van der Waals surface area (Å²) in [5.41, 5.74) is 5.76. The summed E-state index contributed by atoms with van der Waals surface area (Å²) in [5.74, 6) is 2.66. The van der Waals surface area contributed by atoms with Crippen LogP contribution in [0.15, 0.2) is 0 Å². The highest BCUT2D eigenvalue weighted by molar-refractivity contribution is 4.86. The summed E-state index contributed by atoms with van der Waals surface area (Å²) in [7, 11) is 0. The first-order valence-electron chi connectivity index (χ1n) is 6.24. The van der Waals surface area contributed by atoms with E-state index in [1.807, 2.05) is 0 Å². The fraction of sp³-hybridized carbons (Fsp3) is 1.00. The van der Waals surface area contributed by atoms with Crippen LogP contribution in [0.2, 0.25) is 0 Å². The third kappa shape index (κ3) is 2.48. The normalized spacial score (nSPS) is 34.7. The number of hydrogen-bond donors (Lipinski definition) is 2. The molecule has 82 valence electrons. The molecule has 14 heavy (non-hydrogen) atoms. The van der Waals surface area contributed by atoms with Crippen molar-refractivity contribution in [3.63, 3.8) is 0 Å². The Kier molecular flexibility index (Phi) is 3.45. The van der Waals surface area contributed by atoms with Gasteiger partial charge in [0.25, 0.3) is 0 Å². The highest BCUT2D eigenvalue weighted by Gasteiger charge is 2.30. The number of nitrogens with two attached hydrogens (primary N) is 1. The minimum atomic E-state index is 0.723. The molecule has 3 N–H and O–H groups in total. The molecule has 0 aromatic heterocycles. The van der Waals surface area contributed by atoms with Crippen LogP contribution in [-0.2, 0) is 0 Å². The molecule has 0 heterocycles. The summed E-state index contributed by atoms with van der Waals surface area (Å²) in [6, 6.07) is 0.723. The van der Waals surface area contributed by atoms with Crippen molar-refractivity contribution < 1.29 is 0 Å². The zero-order valence-electron chi connectivity index (χ0n) is 9.34.